The van der Waals surface area contributed by atoms with E-state index in [1.807, 2.05) is 18.7 Å². The molecule has 1 fully saturated rings. The van der Waals surface area contributed by atoms with Gasteiger partial charge in [0.15, 0.2) is 0 Å². The van der Waals surface area contributed by atoms with Crippen LogP contribution < -0.4 is 5.32 Å². The molecule has 5 nitrogen and oxygen atoms in total. The number of ether oxygens (including phenoxy) is 1. The number of rotatable bonds is 3. The Balaban J connectivity index is 1.69. The Morgan fingerprint density at radius 2 is 2.04 bits per heavy atom. The number of carbonyl (C=O) groups excluding carboxylic acids is 2. The van der Waals surface area contributed by atoms with Crippen LogP contribution >= 0.6 is 11.3 Å². The summed E-state index contributed by atoms with van der Waals surface area (Å²) in [4.78, 5) is 27.4. The number of nitrogens with zero attached hydrogens (tertiary/aromatic N) is 1. The average Bonchev–Trinajstić information content (AvgIpc) is 3.03. The Morgan fingerprint density at radius 1 is 1.33 bits per heavy atom. The minimum absolute atomic E-state index is 0.0252. The van der Waals surface area contributed by atoms with Crippen LogP contribution in [0.1, 0.15) is 44.1 Å². The molecule has 1 aromatic heterocycles. The van der Waals surface area contributed by atoms with Crippen LogP contribution in [0.15, 0.2) is 11.4 Å². The summed E-state index contributed by atoms with van der Waals surface area (Å²) in [6.45, 7) is 7.51. The lowest BCUT2D eigenvalue weighted by atomic mass is 9.85. The SMILES string of the molecule is CC(=O)NC(C(=O)N1CCC2(CC1)OCCc1ccsc12)C(C)C. The van der Waals surface area contributed by atoms with Gasteiger partial charge in [0.25, 0.3) is 0 Å². The van der Waals surface area contributed by atoms with Crippen molar-refractivity contribution in [3.63, 3.8) is 0 Å². The second kappa shape index (κ2) is 6.84. The van der Waals surface area contributed by atoms with Crippen molar-refractivity contribution < 1.29 is 14.3 Å². The van der Waals surface area contributed by atoms with Gasteiger partial charge >= 0.3 is 0 Å². The van der Waals surface area contributed by atoms with E-state index in [0.29, 0.717) is 13.1 Å². The van der Waals surface area contributed by atoms with Crippen molar-refractivity contribution in [2.45, 2.75) is 51.7 Å². The normalized spacial score (nSPS) is 20.8. The molecule has 2 aliphatic heterocycles. The van der Waals surface area contributed by atoms with Crippen LogP contribution in [0.5, 0.6) is 0 Å². The van der Waals surface area contributed by atoms with E-state index in [1.165, 1.54) is 17.4 Å². The Morgan fingerprint density at radius 3 is 2.67 bits per heavy atom. The predicted molar refractivity (Wildman–Crippen MR) is 93.9 cm³/mol. The average molecular weight is 350 g/mol. The highest BCUT2D eigenvalue weighted by Gasteiger charge is 2.43. The number of fused-ring (bicyclic) bond motifs is 2. The first-order valence-corrected chi connectivity index (χ1v) is 9.57. The first-order chi connectivity index (χ1) is 11.4. The molecular formula is C18H26N2O3S. The van der Waals surface area contributed by atoms with Gasteiger partial charge in [-0.25, -0.2) is 0 Å². The van der Waals surface area contributed by atoms with Crippen molar-refractivity contribution >= 4 is 23.2 Å². The lowest BCUT2D eigenvalue weighted by Crippen LogP contribution is -2.55. The molecule has 1 aromatic rings. The fourth-order valence-electron chi connectivity index (χ4n) is 3.74. The van der Waals surface area contributed by atoms with E-state index < -0.39 is 6.04 Å². The summed E-state index contributed by atoms with van der Waals surface area (Å²) in [5.41, 5.74) is 1.20. The summed E-state index contributed by atoms with van der Waals surface area (Å²) in [5, 5.41) is 4.94. The third kappa shape index (κ3) is 3.22. The van der Waals surface area contributed by atoms with Crippen LogP contribution in [0.25, 0.3) is 0 Å². The monoisotopic (exact) mass is 350 g/mol. The Hall–Kier alpha value is -1.40. The van der Waals surface area contributed by atoms with Gasteiger partial charge in [-0.15, -0.1) is 11.3 Å². The van der Waals surface area contributed by atoms with Gasteiger partial charge in [-0.2, -0.15) is 0 Å². The quantitative estimate of drug-likeness (QED) is 0.910. The minimum atomic E-state index is -0.443. The minimum Gasteiger partial charge on any atom is -0.369 e. The number of amides is 2. The molecule has 3 rings (SSSR count). The highest BCUT2D eigenvalue weighted by molar-refractivity contribution is 7.10. The van der Waals surface area contributed by atoms with E-state index >= 15 is 0 Å². The Labute approximate surface area is 147 Å². The molecule has 0 aliphatic carbocycles. The highest BCUT2D eigenvalue weighted by atomic mass is 32.1. The van der Waals surface area contributed by atoms with E-state index in [-0.39, 0.29) is 23.3 Å². The fraction of sp³-hybridized carbons (Fsp3) is 0.667. The molecule has 1 spiro atoms. The van der Waals surface area contributed by atoms with E-state index in [0.717, 1.165) is 25.9 Å². The molecule has 1 saturated heterocycles. The third-order valence-electron chi connectivity index (χ3n) is 5.08. The van der Waals surface area contributed by atoms with E-state index in [2.05, 4.69) is 16.8 Å². The maximum absolute atomic E-state index is 12.8. The molecule has 132 valence electrons. The molecule has 0 bridgehead atoms. The molecule has 1 unspecified atom stereocenters. The van der Waals surface area contributed by atoms with Crippen LogP contribution in [0, 0.1) is 5.92 Å². The summed E-state index contributed by atoms with van der Waals surface area (Å²) in [5.74, 6) is -0.0567. The van der Waals surface area contributed by atoms with Gasteiger partial charge < -0.3 is 15.0 Å². The number of nitrogens with one attached hydrogen (secondary N) is 1. The molecule has 24 heavy (non-hydrogen) atoms. The zero-order valence-corrected chi connectivity index (χ0v) is 15.4. The fourth-order valence-corrected chi connectivity index (χ4v) is 4.91. The lowest BCUT2D eigenvalue weighted by Gasteiger charge is -2.44. The summed E-state index contributed by atoms with van der Waals surface area (Å²) in [6, 6.07) is 1.76. The third-order valence-corrected chi connectivity index (χ3v) is 6.23. The molecule has 6 heteroatoms. The molecule has 0 saturated carbocycles. The van der Waals surface area contributed by atoms with E-state index in [9.17, 15) is 9.59 Å². The van der Waals surface area contributed by atoms with E-state index in [1.54, 1.807) is 11.3 Å². The van der Waals surface area contributed by atoms with Crippen LogP contribution in [0.3, 0.4) is 0 Å². The van der Waals surface area contributed by atoms with Crippen molar-refractivity contribution in [1.29, 1.82) is 0 Å². The molecule has 1 atom stereocenters. The van der Waals surface area contributed by atoms with Crippen molar-refractivity contribution in [2.24, 2.45) is 5.92 Å². The van der Waals surface area contributed by atoms with Gasteiger partial charge in [-0.1, -0.05) is 13.8 Å². The first kappa shape index (κ1) is 17.4. The van der Waals surface area contributed by atoms with Crippen molar-refractivity contribution in [2.75, 3.05) is 19.7 Å². The number of hydrogen-bond acceptors (Lipinski definition) is 4. The number of likely N-dealkylation sites (tertiary alicyclic amines) is 1. The van der Waals surface area contributed by atoms with Gasteiger partial charge in [0, 0.05) is 24.9 Å². The molecule has 2 amide bonds. The smallest absolute Gasteiger partial charge is 0.245 e. The number of hydrogen-bond donors (Lipinski definition) is 1. The number of carbonyl (C=O) groups is 2. The summed E-state index contributed by atoms with van der Waals surface area (Å²) < 4.78 is 6.19. The highest BCUT2D eigenvalue weighted by Crippen LogP contribution is 2.44. The zero-order valence-electron chi connectivity index (χ0n) is 14.6. The van der Waals surface area contributed by atoms with Crippen molar-refractivity contribution in [1.82, 2.24) is 10.2 Å². The van der Waals surface area contributed by atoms with E-state index in [4.69, 9.17) is 4.74 Å². The largest absolute Gasteiger partial charge is 0.369 e. The first-order valence-electron chi connectivity index (χ1n) is 8.69. The Kier molecular flexibility index (Phi) is 4.97. The molecule has 2 aliphatic rings. The van der Waals surface area contributed by atoms with Crippen molar-refractivity contribution in [3.8, 4) is 0 Å². The predicted octanol–water partition coefficient (Wildman–Crippen LogP) is 2.30. The molecule has 3 heterocycles. The van der Waals surface area contributed by atoms with Crippen LogP contribution in [-0.2, 0) is 26.3 Å². The topological polar surface area (TPSA) is 58.6 Å². The molecular weight excluding hydrogens is 324 g/mol. The number of thiophene rings is 1. The van der Waals surface area contributed by atoms with Crippen LogP contribution in [0.4, 0.5) is 0 Å². The molecule has 0 radical (unpaired) electrons. The van der Waals surface area contributed by atoms with Gasteiger partial charge in [0.05, 0.1) is 6.61 Å². The Bertz CT molecular complexity index is 618. The summed E-state index contributed by atoms with van der Waals surface area (Å²) >= 11 is 1.77. The van der Waals surface area contributed by atoms with Gasteiger partial charge in [0.2, 0.25) is 11.8 Å². The maximum Gasteiger partial charge on any atom is 0.245 e. The van der Waals surface area contributed by atoms with Crippen LogP contribution in [-0.4, -0.2) is 42.5 Å². The van der Waals surface area contributed by atoms with Gasteiger partial charge in [-0.05, 0) is 42.2 Å². The molecule has 1 N–H and O–H groups in total. The second-order valence-electron chi connectivity index (χ2n) is 7.12. The zero-order chi connectivity index (χ0) is 17.3. The van der Waals surface area contributed by atoms with Gasteiger partial charge in [-0.3, -0.25) is 9.59 Å². The standard InChI is InChI=1S/C18H26N2O3S/c1-12(2)15(19-13(3)21)17(22)20-8-6-18(7-9-20)16-14(4-10-23-18)5-11-24-16/h5,11-12,15H,4,6-10H2,1-3H3,(H,19,21). The number of piperidine rings is 1. The maximum atomic E-state index is 12.8. The molecule has 0 aromatic carbocycles. The summed E-state index contributed by atoms with van der Waals surface area (Å²) in [7, 11) is 0. The second-order valence-corrected chi connectivity index (χ2v) is 8.03. The van der Waals surface area contributed by atoms with Gasteiger partial charge in [0.1, 0.15) is 11.6 Å². The lowest BCUT2D eigenvalue weighted by molar-refractivity contribution is -0.145. The van der Waals surface area contributed by atoms with Crippen molar-refractivity contribution in [3.05, 3.63) is 21.9 Å². The summed E-state index contributed by atoms with van der Waals surface area (Å²) in [6.07, 6.45) is 2.65. The van der Waals surface area contributed by atoms with Crippen LogP contribution in [0.2, 0.25) is 0 Å².